The summed E-state index contributed by atoms with van der Waals surface area (Å²) >= 11 is 0. The Morgan fingerprint density at radius 2 is 2.00 bits per heavy atom. The van der Waals surface area contributed by atoms with Crippen LogP contribution >= 0.6 is 0 Å². The van der Waals surface area contributed by atoms with E-state index in [-0.39, 0.29) is 11.8 Å². The molecular weight excluding hydrogens is 266 g/mol. The van der Waals surface area contributed by atoms with Crippen LogP contribution in [0.3, 0.4) is 0 Å². The van der Waals surface area contributed by atoms with Crippen molar-refractivity contribution in [2.75, 3.05) is 0 Å². The van der Waals surface area contributed by atoms with E-state index in [4.69, 9.17) is 4.74 Å². The number of nitrogens with one attached hydrogen (secondary N) is 1. The molecule has 1 unspecified atom stereocenters. The van der Waals surface area contributed by atoms with Crippen LogP contribution in [0.2, 0.25) is 0 Å². The highest BCUT2D eigenvalue weighted by Crippen LogP contribution is 2.23. The van der Waals surface area contributed by atoms with Gasteiger partial charge >= 0.3 is 5.97 Å². The molecule has 2 aromatic rings. The topological polar surface area (TPSA) is 59.2 Å². The molecule has 0 spiro atoms. The third kappa shape index (κ3) is 3.32. The molecule has 112 valence electrons. The molecule has 0 aliphatic rings. The van der Waals surface area contributed by atoms with Gasteiger partial charge in [0, 0.05) is 28.6 Å². The minimum Gasteiger partial charge on any atom is -0.454 e. The molecule has 21 heavy (non-hydrogen) atoms. The van der Waals surface area contributed by atoms with Crippen molar-refractivity contribution < 1.29 is 14.3 Å². The lowest BCUT2D eigenvalue weighted by molar-refractivity contribution is -0.146. The molecule has 1 heterocycles. The van der Waals surface area contributed by atoms with Gasteiger partial charge in [-0.2, -0.15) is 0 Å². The average Bonchev–Trinajstić information content (AvgIpc) is 2.80. The number of esters is 1. The monoisotopic (exact) mass is 287 g/mol. The van der Waals surface area contributed by atoms with Crippen molar-refractivity contribution in [2.45, 2.75) is 46.1 Å². The second-order valence-electron chi connectivity index (χ2n) is 5.27. The highest BCUT2D eigenvalue weighted by Gasteiger charge is 2.24. The first-order valence-corrected chi connectivity index (χ1v) is 7.35. The van der Waals surface area contributed by atoms with Crippen molar-refractivity contribution in [3.8, 4) is 0 Å². The summed E-state index contributed by atoms with van der Waals surface area (Å²) in [5, 5.41) is 0.872. The number of para-hydroxylation sites is 1. The zero-order valence-corrected chi connectivity index (χ0v) is 12.7. The van der Waals surface area contributed by atoms with Gasteiger partial charge in [0.1, 0.15) is 0 Å². The van der Waals surface area contributed by atoms with Crippen molar-refractivity contribution >= 4 is 22.7 Å². The Bertz CT molecular complexity index is 657. The zero-order valence-electron chi connectivity index (χ0n) is 12.7. The Morgan fingerprint density at radius 3 is 2.71 bits per heavy atom. The average molecular weight is 287 g/mol. The van der Waals surface area contributed by atoms with Crippen LogP contribution in [-0.2, 0) is 9.53 Å². The van der Waals surface area contributed by atoms with Gasteiger partial charge in [-0.05, 0) is 26.3 Å². The van der Waals surface area contributed by atoms with Gasteiger partial charge in [-0.3, -0.25) is 9.59 Å². The Morgan fingerprint density at radius 1 is 1.29 bits per heavy atom. The van der Waals surface area contributed by atoms with Gasteiger partial charge in [-0.15, -0.1) is 0 Å². The molecular formula is C17H21NO3. The van der Waals surface area contributed by atoms with Crippen LogP contribution in [-0.4, -0.2) is 22.8 Å². The molecule has 1 aromatic carbocycles. The van der Waals surface area contributed by atoms with Crippen LogP contribution in [0.4, 0.5) is 0 Å². The molecule has 1 N–H and O–H groups in total. The van der Waals surface area contributed by atoms with Crippen molar-refractivity contribution in [3.63, 3.8) is 0 Å². The van der Waals surface area contributed by atoms with E-state index in [1.165, 1.54) is 0 Å². The lowest BCUT2D eigenvalue weighted by atomic mass is 10.0. The number of rotatable bonds is 6. The lowest BCUT2D eigenvalue weighted by Crippen LogP contribution is -2.24. The van der Waals surface area contributed by atoms with E-state index < -0.39 is 6.10 Å². The standard InChI is InChI=1S/C17H21NO3/c1-4-5-10-15(19)21-12(3)17(20)16-11(2)18-14-9-7-6-8-13(14)16/h6-9,12,18H,4-5,10H2,1-3H3. The number of aromatic amines is 1. The van der Waals surface area contributed by atoms with Crippen molar-refractivity contribution in [2.24, 2.45) is 0 Å². The molecule has 4 heteroatoms. The van der Waals surface area contributed by atoms with E-state index in [1.807, 2.05) is 38.1 Å². The molecule has 0 aliphatic heterocycles. The molecule has 4 nitrogen and oxygen atoms in total. The first-order valence-electron chi connectivity index (χ1n) is 7.35. The molecule has 0 saturated heterocycles. The van der Waals surface area contributed by atoms with E-state index in [0.717, 1.165) is 29.4 Å². The van der Waals surface area contributed by atoms with E-state index in [0.29, 0.717) is 12.0 Å². The summed E-state index contributed by atoms with van der Waals surface area (Å²) in [6.07, 6.45) is 1.32. The van der Waals surface area contributed by atoms with E-state index in [2.05, 4.69) is 4.98 Å². The highest BCUT2D eigenvalue weighted by atomic mass is 16.5. The van der Waals surface area contributed by atoms with Gasteiger partial charge < -0.3 is 9.72 Å². The number of aryl methyl sites for hydroxylation is 1. The second kappa shape index (κ2) is 6.57. The predicted molar refractivity (Wildman–Crippen MR) is 82.4 cm³/mol. The molecule has 0 bridgehead atoms. The summed E-state index contributed by atoms with van der Waals surface area (Å²) in [7, 11) is 0. The molecule has 0 amide bonds. The molecule has 1 aromatic heterocycles. The number of benzene rings is 1. The lowest BCUT2D eigenvalue weighted by Gasteiger charge is -2.12. The van der Waals surface area contributed by atoms with Crippen LogP contribution in [0.1, 0.15) is 49.2 Å². The van der Waals surface area contributed by atoms with Crippen molar-refractivity contribution in [1.82, 2.24) is 4.98 Å². The smallest absolute Gasteiger partial charge is 0.306 e. The number of hydrogen-bond donors (Lipinski definition) is 1. The number of unbranched alkanes of at least 4 members (excludes halogenated alkanes) is 1. The Balaban J connectivity index is 2.18. The SMILES string of the molecule is CCCCC(=O)OC(C)C(=O)c1c(C)[nH]c2ccccc12. The minimum atomic E-state index is -0.757. The number of carbonyl (C=O) groups excluding carboxylic acids is 2. The summed E-state index contributed by atoms with van der Waals surface area (Å²) < 4.78 is 5.24. The van der Waals surface area contributed by atoms with Crippen molar-refractivity contribution in [3.05, 3.63) is 35.5 Å². The number of ketones is 1. The number of H-pyrrole nitrogens is 1. The third-order valence-electron chi connectivity index (χ3n) is 3.55. The fourth-order valence-electron chi connectivity index (χ4n) is 2.43. The molecule has 2 rings (SSSR count). The predicted octanol–water partition coefficient (Wildman–Crippen LogP) is 3.78. The first-order chi connectivity index (χ1) is 10.0. The van der Waals surface area contributed by atoms with Gasteiger partial charge in [0.15, 0.2) is 6.10 Å². The van der Waals surface area contributed by atoms with Crippen LogP contribution in [0, 0.1) is 6.92 Å². The largest absolute Gasteiger partial charge is 0.454 e. The fraction of sp³-hybridized carbons (Fsp3) is 0.412. The highest BCUT2D eigenvalue weighted by molar-refractivity contribution is 6.11. The number of aromatic nitrogens is 1. The van der Waals surface area contributed by atoms with E-state index in [1.54, 1.807) is 6.92 Å². The maximum atomic E-state index is 12.6. The number of hydrogen-bond acceptors (Lipinski definition) is 3. The van der Waals surface area contributed by atoms with Crippen LogP contribution < -0.4 is 0 Å². The van der Waals surface area contributed by atoms with E-state index in [9.17, 15) is 9.59 Å². The molecule has 0 radical (unpaired) electrons. The van der Waals surface area contributed by atoms with Crippen LogP contribution in [0.15, 0.2) is 24.3 Å². The fourth-order valence-corrected chi connectivity index (χ4v) is 2.43. The minimum absolute atomic E-state index is 0.158. The summed E-state index contributed by atoms with van der Waals surface area (Å²) in [4.78, 5) is 27.4. The maximum absolute atomic E-state index is 12.6. The summed E-state index contributed by atoms with van der Waals surface area (Å²) in [6.45, 7) is 5.50. The van der Waals surface area contributed by atoms with Crippen LogP contribution in [0.25, 0.3) is 10.9 Å². The summed E-state index contributed by atoms with van der Waals surface area (Å²) in [5.41, 5.74) is 2.34. The summed E-state index contributed by atoms with van der Waals surface area (Å²) in [5.74, 6) is -0.468. The normalized spacial score (nSPS) is 12.3. The molecule has 0 saturated carbocycles. The quantitative estimate of drug-likeness (QED) is 0.649. The maximum Gasteiger partial charge on any atom is 0.306 e. The molecule has 0 aliphatic carbocycles. The molecule has 1 atom stereocenters. The summed E-state index contributed by atoms with van der Waals surface area (Å²) in [6, 6.07) is 7.64. The van der Waals surface area contributed by atoms with E-state index >= 15 is 0 Å². The van der Waals surface area contributed by atoms with Crippen molar-refractivity contribution in [1.29, 1.82) is 0 Å². The van der Waals surface area contributed by atoms with Gasteiger partial charge in [0.2, 0.25) is 5.78 Å². The number of carbonyl (C=O) groups is 2. The number of fused-ring (bicyclic) bond motifs is 1. The number of ether oxygens (including phenoxy) is 1. The van der Waals surface area contributed by atoms with Gasteiger partial charge in [0.05, 0.1) is 0 Å². The first kappa shape index (κ1) is 15.3. The Hall–Kier alpha value is -2.10. The third-order valence-corrected chi connectivity index (χ3v) is 3.55. The van der Waals surface area contributed by atoms with Crippen LogP contribution in [0.5, 0.6) is 0 Å². The van der Waals surface area contributed by atoms with Gasteiger partial charge in [-0.25, -0.2) is 0 Å². The zero-order chi connectivity index (χ0) is 15.4. The second-order valence-corrected chi connectivity index (χ2v) is 5.27. The Labute approximate surface area is 124 Å². The Kier molecular flexibility index (Phi) is 4.78. The molecule has 0 fully saturated rings. The number of Topliss-reactive ketones (excluding diaryl/α,β-unsaturated/α-hetero) is 1. The van der Waals surface area contributed by atoms with Gasteiger partial charge in [0.25, 0.3) is 0 Å². The van der Waals surface area contributed by atoms with Gasteiger partial charge in [-0.1, -0.05) is 31.5 Å².